The summed E-state index contributed by atoms with van der Waals surface area (Å²) in [6.45, 7) is 11.6. The van der Waals surface area contributed by atoms with Crippen LogP contribution in [-0.4, -0.2) is 47.0 Å². The first-order chi connectivity index (χ1) is 10.4. The van der Waals surface area contributed by atoms with Crippen LogP contribution in [0.15, 0.2) is 18.7 Å². The van der Waals surface area contributed by atoms with Crippen LogP contribution in [0.1, 0.15) is 44.1 Å². The fraction of sp³-hybridized carbons (Fsp3) is 0.588. The maximum atomic E-state index is 11.7. The highest BCUT2D eigenvalue weighted by Gasteiger charge is 2.25. The summed E-state index contributed by atoms with van der Waals surface area (Å²) in [4.78, 5) is 25.0. The Labute approximate surface area is 133 Å². The van der Waals surface area contributed by atoms with Crippen molar-refractivity contribution >= 4 is 11.7 Å². The van der Waals surface area contributed by atoms with E-state index in [0.29, 0.717) is 5.92 Å². The van der Waals surface area contributed by atoms with Crippen LogP contribution in [0, 0.1) is 6.92 Å². The highest BCUT2D eigenvalue weighted by Crippen LogP contribution is 2.23. The average molecular weight is 302 g/mol. The lowest BCUT2D eigenvalue weighted by atomic mass is 10.0. The minimum atomic E-state index is -0.00146. The molecular weight excluding hydrogens is 276 g/mol. The van der Waals surface area contributed by atoms with Crippen molar-refractivity contribution in [2.45, 2.75) is 45.6 Å². The lowest BCUT2D eigenvalue weighted by molar-refractivity contribution is -0.127. The fourth-order valence-corrected chi connectivity index (χ4v) is 2.80. The average Bonchev–Trinajstić information content (AvgIpc) is 2.53. The highest BCUT2D eigenvalue weighted by atomic mass is 16.2. The molecule has 2 rings (SSSR count). The number of likely N-dealkylation sites (N-methyl/N-ethyl adjacent to an activating group) is 1. The molecule has 1 saturated heterocycles. The second-order valence-corrected chi connectivity index (χ2v) is 6.25. The first kappa shape index (κ1) is 16.5. The quantitative estimate of drug-likeness (QED) is 0.802. The number of carbonyl (C=O) groups excluding carboxylic acids is 1. The Hall–Kier alpha value is -1.91. The number of rotatable bonds is 4. The topological polar surface area (TPSA) is 49.3 Å². The summed E-state index contributed by atoms with van der Waals surface area (Å²) in [7, 11) is 1.86. The molecule has 1 fully saturated rings. The van der Waals surface area contributed by atoms with Crippen molar-refractivity contribution in [3.05, 3.63) is 30.2 Å². The SMILES string of the molecule is C=CC(=O)N(C)C1CCN(c2cc(C)nc(C(C)C)n2)CC1. The molecule has 0 N–H and O–H groups in total. The van der Waals surface area contributed by atoms with E-state index in [1.807, 2.05) is 20.0 Å². The minimum Gasteiger partial charge on any atom is -0.356 e. The van der Waals surface area contributed by atoms with Crippen molar-refractivity contribution < 1.29 is 4.79 Å². The minimum absolute atomic E-state index is 0.00146. The summed E-state index contributed by atoms with van der Waals surface area (Å²) in [6, 6.07) is 2.33. The Bertz CT molecular complexity index is 548. The first-order valence-corrected chi connectivity index (χ1v) is 7.92. The molecule has 120 valence electrons. The van der Waals surface area contributed by atoms with E-state index >= 15 is 0 Å². The van der Waals surface area contributed by atoms with Crippen LogP contribution in [0.2, 0.25) is 0 Å². The summed E-state index contributed by atoms with van der Waals surface area (Å²) in [6.07, 6.45) is 3.29. The van der Waals surface area contributed by atoms with Gasteiger partial charge in [-0.15, -0.1) is 0 Å². The van der Waals surface area contributed by atoms with E-state index < -0.39 is 0 Å². The molecule has 0 unspecified atom stereocenters. The molecule has 1 aromatic rings. The number of carbonyl (C=O) groups is 1. The van der Waals surface area contributed by atoms with Gasteiger partial charge in [0.2, 0.25) is 5.91 Å². The molecule has 0 bridgehead atoms. The van der Waals surface area contributed by atoms with Crippen molar-refractivity contribution in [3.63, 3.8) is 0 Å². The second-order valence-electron chi connectivity index (χ2n) is 6.25. The number of piperidine rings is 1. The van der Waals surface area contributed by atoms with Gasteiger partial charge >= 0.3 is 0 Å². The summed E-state index contributed by atoms with van der Waals surface area (Å²) in [5, 5.41) is 0. The van der Waals surface area contributed by atoms with Gasteiger partial charge in [0, 0.05) is 43.9 Å². The van der Waals surface area contributed by atoms with E-state index in [2.05, 4.69) is 30.3 Å². The smallest absolute Gasteiger partial charge is 0.245 e. The summed E-state index contributed by atoms with van der Waals surface area (Å²) >= 11 is 0. The lowest BCUT2D eigenvalue weighted by Gasteiger charge is -2.37. The molecule has 0 aliphatic carbocycles. The number of hydrogen-bond donors (Lipinski definition) is 0. The molecule has 1 amide bonds. The lowest BCUT2D eigenvalue weighted by Crippen LogP contribution is -2.45. The van der Waals surface area contributed by atoms with Crippen LogP contribution in [0.25, 0.3) is 0 Å². The number of aromatic nitrogens is 2. The van der Waals surface area contributed by atoms with E-state index in [9.17, 15) is 4.79 Å². The van der Waals surface area contributed by atoms with Crippen molar-refractivity contribution in [2.75, 3.05) is 25.0 Å². The third-order valence-electron chi connectivity index (χ3n) is 4.23. The number of amides is 1. The zero-order valence-corrected chi connectivity index (χ0v) is 14.0. The number of nitrogens with zero attached hydrogens (tertiary/aromatic N) is 4. The Kier molecular flexibility index (Phi) is 5.16. The Morgan fingerprint density at radius 1 is 1.41 bits per heavy atom. The second kappa shape index (κ2) is 6.90. The van der Waals surface area contributed by atoms with Crippen molar-refractivity contribution in [1.29, 1.82) is 0 Å². The van der Waals surface area contributed by atoms with Crippen LogP contribution in [-0.2, 0) is 4.79 Å². The standard InChI is InChI=1S/C17H26N4O/c1-6-16(22)20(5)14-7-9-21(10-8-14)15-11-13(4)18-17(19-15)12(2)3/h6,11-12,14H,1,7-10H2,2-5H3. The molecule has 0 spiro atoms. The molecule has 0 aromatic carbocycles. The monoisotopic (exact) mass is 302 g/mol. The normalized spacial score (nSPS) is 16.0. The van der Waals surface area contributed by atoms with Gasteiger partial charge in [-0.1, -0.05) is 20.4 Å². The van der Waals surface area contributed by atoms with Gasteiger partial charge in [-0.3, -0.25) is 4.79 Å². The van der Waals surface area contributed by atoms with Crippen LogP contribution in [0.5, 0.6) is 0 Å². The molecule has 5 heteroatoms. The van der Waals surface area contributed by atoms with E-state index in [0.717, 1.165) is 43.3 Å². The van der Waals surface area contributed by atoms with Crippen LogP contribution >= 0.6 is 0 Å². The molecule has 22 heavy (non-hydrogen) atoms. The molecule has 0 saturated carbocycles. The van der Waals surface area contributed by atoms with Crippen LogP contribution < -0.4 is 4.90 Å². The maximum Gasteiger partial charge on any atom is 0.245 e. The maximum absolute atomic E-state index is 11.7. The van der Waals surface area contributed by atoms with Gasteiger partial charge in [0.1, 0.15) is 11.6 Å². The van der Waals surface area contributed by atoms with Gasteiger partial charge < -0.3 is 9.80 Å². The van der Waals surface area contributed by atoms with Crippen molar-refractivity contribution in [2.24, 2.45) is 0 Å². The molecule has 5 nitrogen and oxygen atoms in total. The van der Waals surface area contributed by atoms with Gasteiger partial charge in [0.25, 0.3) is 0 Å². The van der Waals surface area contributed by atoms with E-state index in [1.54, 1.807) is 4.90 Å². The summed E-state index contributed by atoms with van der Waals surface area (Å²) in [5.41, 5.74) is 1.01. The zero-order chi connectivity index (χ0) is 16.3. The molecule has 0 atom stereocenters. The molecule has 1 aromatic heterocycles. The van der Waals surface area contributed by atoms with Gasteiger partial charge in [-0.25, -0.2) is 9.97 Å². The largest absolute Gasteiger partial charge is 0.356 e. The zero-order valence-electron chi connectivity index (χ0n) is 14.0. The van der Waals surface area contributed by atoms with Crippen molar-refractivity contribution in [1.82, 2.24) is 14.9 Å². The number of hydrogen-bond acceptors (Lipinski definition) is 4. The molecule has 1 aliphatic rings. The predicted octanol–water partition coefficient (Wildman–Crippen LogP) is 2.52. The predicted molar refractivity (Wildman–Crippen MR) is 89.1 cm³/mol. The Morgan fingerprint density at radius 3 is 2.59 bits per heavy atom. The molecule has 2 heterocycles. The van der Waals surface area contributed by atoms with Gasteiger partial charge in [-0.05, 0) is 25.8 Å². The highest BCUT2D eigenvalue weighted by molar-refractivity contribution is 5.87. The van der Waals surface area contributed by atoms with Gasteiger partial charge in [-0.2, -0.15) is 0 Å². The van der Waals surface area contributed by atoms with E-state index in [1.165, 1.54) is 6.08 Å². The summed E-state index contributed by atoms with van der Waals surface area (Å²) in [5.74, 6) is 2.23. The third kappa shape index (κ3) is 3.64. The van der Waals surface area contributed by atoms with Crippen molar-refractivity contribution in [3.8, 4) is 0 Å². The molecule has 1 aliphatic heterocycles. The summed E-state index contributed by atoms with van der Waals surface area (Å²) < 4.78 is 0. The Balaban J connectivity index is 2.05. The molecule has 0 radical (unpaired) electrons. The van der Waals surface area contributed by atoms with E-state index in [4.69, 9.17) is 4.98 Å². The number of anilines is 1. The third-order valence-corrected chi connectivity index (χ3v) is 4.23. The number of aryl methyl sites for hydroxylation is 1. The van der Waals surface area contributed by atoms with Crippen LogP contribution in [0.3, 0.4) is 0 Å². The fourth-order valence-electron chi connectivity index (χ4n) is 2.80. The van der Waals surface area contributed by atoms with Gasteiger partial charge in [0.05, 0.1) is 0 Å². The van der Waals surface area contributed by atoms with Gasteiger partial charge in [0.15, 0.2) is 0 Å². The molecular formula is C17H26N4O. The van der Waals surface area contributed by atoms with E-state index in [-0.39, 0.29) is 11.9 Å². The first-order valence-electron chi connectivity index (χ1n) is 7.92. The Morgan fingerprint density at radius 2 is 2.05 bits per heavy atom. The van der Waals surface area contributed by atoms with Crippen LogP contribution in [0.4, 0.5) is 5.82 Å².